The van der Waals surface area contributed by atoms with Crippen molar-refractivity contribution in [2.75, 3.05) is 7.05 Å². The maximum Gasteiger partial charge on any atom is 0.115 e. The Morgan fingerprint density at radius 1 is 1.17 bits per heavy atom. The van der Waals surface area contributed by atoms with Crippen molar-refractivity contribution in [1.29, 1.82) is 0 Å². The van der Waals surface area contributed by atoms with E-state index in [9.17, 15) is 0 Å². The number of nitrogens with one attached hydrogen (secondary N) is 1. The van der Waals surface area contributed by atoms with Gasteiger partial charge in [-0.1, -0.05) is 30.3 Å². The van der Waals surface area contributed by atoms with E-state index in [1.165, 1.54) is 5.56 Å². The summed E-state index contributed by atoms with van der Waals surface area (Å²) in [5.41, 5.74) is 2.47. The average Bonchev–Trinajstić information content (AvgIpc) is 2.46. The predicted octanol–water partition coefficient (Wildman–Crippen LogP) is 2.76. The fraction of sp³-hybridized carbons (Fsp3) is 0.333. The lowest BCUT2D eigenvalue weighted by molar-refractivity contribution is 0.514. The van der Waals surface area contributed by atoms with Crippen LogP contribution in [-0.2, 0) is 6.42 Å². The number of rotatable bonds is 6. The molecule has 1 N–H and O–H groups in total. The van der Waals surface area contributed by atoms with Crippen LogP contribution in [0.25, 0.3) is 0 Å². The topological polar surface area (TPSA) is 37.8 Å². The fourth-order valence-corrected chi connectivity index (χ4v) is 2.10. The molecule has 0 aliphatic rings. The largest absolute Gasteiger partial charge is 0.312 e. The summed E-state index contributed by atoms with van der Waals surface area (Å²) in [4.78, 5) is 8.25. The second-order valence-corrected chi connectivity index (χ2v) is 4.35. The highest BCUT2D eigenvalue weighted by Crippen LogP contribution is 2.16. The number of benzene rings is 1. The van der Waals surface area contributed by atoms with Gasteiger partial charge in [0.05, 0.1) is 5.69 Å². The van der Waals surface area contributed by atoms with E-state index in [0.29, 0.717) is 6.04 Å². The summed E-state index contributed by atoms with van der Waals surface area (Å²) in [5, 5.41) is 3.31. The summed E-state index contributed by atoms with van der Waals surface area (Å²) in [7, 11) is 1.98. The van der Waals surface area contributed by atoms with E-state index in [4.69, 9.17) is 0 Å². The van der Waals surface area contributed by atoms with Crippen LogP contribution < -0.4 is 5.32 Å². The Bertz CT molecular complexity index is 442. The van der Waals surface area contributed by atoms with Crippen LogP contribution in [0.5, 0.6) is 0 Å². The van der Waals surface area contributed by atoms with Crippen LogP contribution in [0, 0.1) is 0 Å². The zero-order chi connectivity index (χ0) is 12.6. The fourth-order valence-electron chi connectivity index (χ4n) is 2.10. The Balaban J connectivity index is 1.85. The second kappa shape index (κ2) is 6.87. The van der Waals surface area contributed by atoms with Crippen LogP contribution in [0.4, 0.5) is 0 Å². The first-order chi connectivity index (χ1) is 8.90. The minimum Gasteiger partial charge on any atom is -0.312 e. The normalized spacial score (nSPS) is 12.3. The summed E-state index contributed by atoms with van der Waals surface area (Å²) in [6.07, 6.45) is 6.76. The summed E-state index contributed by atoms with van der Waals surface area (Å²) in [6.45, 7) is 0. The van der Waals surface area contributed by atoms with Crippen molar-refractivity contribution in [1.82, 2.24) is 15.3 Å². The molecule has 3 nitrogen and oxygen atoms in total. The quantitative estimate of drug-likeness (QED) is 0.845. The van der Waals surface area contributed by atoms with Crippen molar-refractivity contribution in [3.63, 3.8) is 0 Å². The molecule has 3 heteroatoms. The molecule has 1 unspecified atom stereocenters. The van der Waals surface area contributed by atoms with E-state index in [-0.39, 0.29) is 0 Å². The third-order valence-electron chi connectivity index (χ3n) is 3.11. The van der Waals surface area contributed by atoms with Crippen molar-refractivity contribution in [2.24, 2.45) is 0 Å². The molecular weight excluding hydrogens is 222 g/mol. The van der Waals surface area contributed by atoms with Crippen molar-refractivity contribution >= 4 is 0 Å². The van der Waals surface area contributed by atoms with Gasteiger partial charge in [-0.05, 0) is 37.9 Å². The lowest BCUT2D eigenvalue weighted by Crippen LogP contribution is -2.17. The molecule has 1 aromatic carbocycles. The van der Waals surface area contributed by atoms with Gasteiger partial charge < -0.3 is 5.32 Å². The van der Waals surface area contributed by atoms with Gasteiger partial charge >= 0.3 is 0 Å². The summed E-state index contributed by atoms with van der Waals surface area (Å²) in [5.74, 6) is 0. The van der Waals surface area contributed by atoms with E-state index in [0.717, 1.165) is 25.0 Å². The Labute approximate surface area is 108 Å². The van der Waals surface area contributed by atoms with Crippen molar-refractivity contribution < 1.29 is 0 Å². The van der Waals surface area contributed by atoms with Gasteiger partial charge in [-0.2, -0.15) is 0 Å². The number of hydrogen-bond acceptors (Lipinski definition) is 3. The van der Waals surface area contributed by atoms with Gasteiger partial charge in [0.15, 0.2) is 0 Å². The summed E-state index contributed by atoms with van der Waals surface area (Å²) < 4.78 is 0. The smallest absolute Gasteiger partial charge is 0.115 e. The highest BCUT2D eigenvalue weighted by atomic mass is 14.9. The Kier molecular flexibility index (Phi) is 4.85. The van der Waals surface area contributed by atoms with Crippen LogP contribution in [0.1, 0.15) is 30.1 Å². The second-order valence-electron chi connectivity index (χ2n) is 4.35. The average molecular weight is 241 g/mol. The van der Waals surface area contributed by atoms with Gasteiger partial charge in [-0.25, -0.2) is 9.97 Å². The minimum absolute atomic E-state index is 0.316. The van der Waals surface area contributed by atoms with Crippen LogP contribution in [0.15, 0.2) is 48.9 Å². The molecule has 0 amide bonds. The van der Waals surface area contributed by atoms with E-state index < -0.39 is 0 Å². The monoisotopic (exact) mass is 241 g/mol. The van der Waals surface area contributed by atoms with Gasteiger partial charge in [-0.3, -0.25) is 0 Å². The van der Waals surface area contributed by atoms with Gasteiger partial charge in [0.2, 0.25) is 0 Å². The molecule has 1 aromatic heterocycles. The standard InChI is InChI=1S/C15H19N3/c1-16-14(15-10-11-17-12-18-15)9-5-8-13-6-3-2-4-7-13/h2-4,6-7,10-12,14,16H,5,8-9H2,1H3. The number of aromatic nitrogens is 2. The van der Waals surface area contributed by atoms with E-state index in [1.807, 2.05) is 13.1 Å². The van der Waals surface area contributed by atoms with Gasteiger partial charge in [0.25, 0.3) is 0 Å². The predicted molar refractivity (Wildman–Crippen MR) is 73.2 cm³/mol. The number of nitrogens with zero attached hydrogens (tertiary/aromatic N) is 2. The zero-order valence-corrected chi connectivity index (χ0v) is 10.7. The molecule has 0 saturated heterocycles. The van der Waals surface area contributed by atoms with Crippen LogP contribution in [0.2, 0.25) is 0 Å². The molecule has 0 saturated carbocycles. The molecule has 0 bridgehead atoms. The SMILES string of the molecule is CNC(CCCc1ccccc1)c1ccncn1. The molecule has 0 spiro atoms. The number of hydrogen-bond donors (Lipinski definition) is 1. The highest BCUT2D eigenvalue weighted by Gasteiger charge is 2.09. The maximum atomic E-state index is 4.30. The van der Waals surface area contributed by atoms with E-state index >= 15 is 0 Å². The van der Waals surface area contributed by atoms with Crippen molar-refractivity contribution in [3.8, 4) is 0 Å². The zero-order valence-electron chi connectivity index (χ0n) is 10.7. The minimum atomic E-state index is 0.316. The Morgan fingerprint density at radius 2 is 2.00 bits per heavy atom. The molecule has 0 aliphatic carbocycles. The molecule has 94 valence electrons. The van der Waals surface area contributed by atoms with Crippen molar-refractivity contribution in [3.05, 3.63) is 60.2 Å². The van der Waals surface area contributed by atoms with Gasteiger partial charge in [0, 0.05) is 12.2 Å². The van der Waals surface area contributed by atoms with E-state index in [2.05, 4.69) is 45.6 Å². The first-order valence-corrected chi connectivity index (χ1v) is 6.37. The lowest BCUT2D eigenvalue weighted by atomic mass is 10.0. The highest BCUT2D eigenvalue weighted by molar-refractivity contribution is 5.14. The molecule has 0 fully saturated rings. The molecule has 0 aliphatic heterocycles. The van der Waals surface area contributed by atoms with Crippen LogP contribution >= 0.6 is 0 Å². The Hall–Kier alpha value is -1.74. The van der Waals surface area contributed by atoms with Gasteiger partial charge in [-0.15, -0.1) is 0 Å². The maximum absolute atomic E-state index is 4.30. The first-order valence-electron chi connectivity index (χ1n) is 6.37. The van der Waals surface area contributed by atoms with Crippen molar-refractivity contribution in [2.45, 2.75) is 25.3 Å². The molecular formula is C15H19N3. The molecule has 0 radical (unpaired) electrons. The lowest BCUT2D eigenvalue weighted by Gasteiger charge is -2.15. The molecule has 18 heavy (non-hydrogen) atoms. The van der Waals surface area contributed by atoms with Crippen LogP contribution in [-0.4, -0.2) is 17.0 Å². The van der Waals surface area contributed by atoms with E-state index in [1.54, 1.807) is 12.5 Å². The van der Waals surface area contributed by atoms with Gasteiger partial charge in [0.1, 0.15) is 6.33 Å². The molecule has 1 atom stereocenters. The Morgan fingerprint density at radius 3 is 2.67 bits per heavy atom. The van der Waals surface area contributed by atoms with Crippen LogP contribution in [0.3, 0.4) is 0 Å². The number of aryl methyl sites for hydroxylation is 1. The molecule has 2 aromatic rings. The molecule has 1 heterocycles. The summed E-state index contributed by atoms with van der Waals surface area (Å²) >= 11 is 0. The third kappa shape index (κ3) is 3.64. The third-order valence-corrected chi connectivity index (χ3v) is 3.11. The molecule has 2 rings (SSSR count). The first kappa shape index (κ1) is 12.7. The summed E-state index contributed by atoms with van der Waals surface area (Å²) in [6, 6.07) is 12.9.